The summed E-state index contributed by atoms with van der Waals surface area (Å²) in [5, 5.41) is 15.9. The molecule has 3 rings (SSSR count). The van der Waals surface area contributed by atoms with Crippen LogP contribution in [0.1, 0.15) is 31.4 Å². The number of likely N-dealkylation sites (tertiary alicyclic amines) is 1. The van der Waals surface area contributed by atoms with Crippen molar-refractivity contribution < 1.29 is 14.6 Å². The van der Waals surface area contributed by atoms with Gasteiger partial charge in [-0.25, -0.2) is 4.99 Å². The van der Waals surface area contributed by atoms with Crippen molar-refractivity contribution in [3.63, 3.8) is 0 Å². The van der Waals surface area contributed by atoms with Gasteiger partial charge in [-0.05, 0) is 43.5 Å². The minimum Gasteiger partial charge on any atom is -0.493 e. The van der Waals surface area contributed by atoms with E-state index in [1.165, 1.54) is 5.56 Å². The first-order valence-corrected chi connectivity index (χ1v) is 11.4. The molecule has 182 valence electrons. The van der Waals surface area contributed by atoms with Crippen LogP contribution in [0.2, 0.25) is 0 Å². The van der Waals surface area contributed by atoms with Crippen molar-refractivity contribution in [2.24, 2.45) is 4.99 Å². The van der Waals surface area contributed by atoms with Gasteiger partial charge in [-0.3, -0.25) is 4.90 Å². The molecule has 1 aliphatic heterocycles. The van der Waals surface area contributed by atoms with Crippen LogP contribution in [0.4, 0.5) is 0 Å². The minimum atomic E-state index is -0.0323. The lowest BCUT2D eigenvalue weighted by Crippen LogP contribution is -2.44. The van der Waals surface area contributed by atoms with Crippen molar-refractivity contribution in [1.29, 1.82) is 0 Å². The first kappa shape index (κ1) is 27.2. The van der Waals surface area contributed by atoms with Crippen LogP contribution in [0.5, 0.6) is 11.5 Å². The molecule has 0 spiro atoms. The van der Waals surface area contributed by atoms with Crippen molar-refractivity contribution in [1.82, 2.24) is 15.5 Å². The van der Waals surface area contributed by atoms with Crippen LogP contribution < -0.4 is 20.1 Å². The van der Waals surface area contributed by atoms with Gasteiger partial charge in [-0.15, -0.1) is 24.0 Å². The van der Waals surface area contributed by atoms with Gasteiger partial charge >= 0.3 is 0 Å². The maximum Gasteiger partial charge on any atom is 0.191 e. The van der Waals surface area contributed by atoms with Gasteiger partial charge in [0.25, 0.3) is 0 Å². The highest BCUT2D eigenvalue weighted by Crippen LogP contribution is 2.28. The summed E-state index contributed by atoms with van der Waals surface area (Å²) in [4.78, 5) is 7.31. The van der Waals surface area contributed by atoms with E-state index in [0.29, 0.717) is 30.1 Å². The molecule has 1 aliphatic rings. The number of nitrogens with one attached hydrogen (secondary N) is 2. The molecule has 0 radical (unpaired) electrons. The highest BCUT2D eigenvalue weighted by Gasteiger charge is 2.29. The number of nitrogens with zero attached hydrogens (tertiary/aromatic N) is 2. The molecule has 2 atom stereocenters. The Hall–Kier alpha value is -2.04. The summed E-state index contributed by atoms with van der Waals surface area (Å²) < 4.78 is 10.9. The zero-order chi connectivity index (χ0) is 22.8. The number of rotatable bonds is 10. The lowest BCUT2D eigenvalue weighted by molar-refractivity contribution is 0.196. The fraction of sp³-hybridized carbons (Fsp3) is 0.480. The van der Waals surface area contributed by atoms with Gasteiger partial charge in [0.05, 0.1) is 20.3 Å². The van der Waals surface area contributed by atoms with Crippen LogP contribution in [-0.4, -0.2) is 61.5 Å². The maximum atomic E-state index is 8.96. The quantitative estimate of drug-likeness (QED) is 0.232. The van der Waals surface area contributed by atoms with Crippen LogP contribution in [0.3, 0.4) is 0 Å². The Bertz CT molecular complexity index is 866. The van der Waals surface area contributed by atoms with Gasteiger partial charge in [0, 0.05) is 31.7 Å². The van der Waals surface area contributed by atoms with Crippen molar-refractivity contribution in [2.45, 2.75) is 45.4 Å². The molecule has 8 heteroatoms. The molecule has 0 amide bonds. The monoisotopic (exact) mass is 568 g/mol. The summed E-state index contributed by atoms with van der Waals surface area (Å²) in [5.74, 6) is 2.09. The van der Waals surface area contributed by atoms with Crippen molar-refractivity contribution in [2.75, 3.05) is 33.4 Å². The van der Waals surface area contributed by atoms with Crippen LogP contribution in [0, 0.1) is 0 Å². The number of aliphatic hydroxyl groups is 1. The highest BCUT2D eigenvalue weighted by molar-refractivity contribution is 14.0. The number of guanidine groups is 1. The molecule has 2 aromatic rings. The fourth-order valence-corrected chi connectivity index (χ4v) is 4.01. The second-order valence-electron chi connectivity index (χ2n) is 8.09. The molecule has 2 aromatic carbocycles. The Morgan fingerprint density at radius 1 is 1.15 bits per heavy atom. The number of aliphatic imine (C=N–C) groups is 1. The number of benzene rings is 2. The summed E-state index contributed by atoms with van der Waals surface area (Å²) in [6.07, 6.45) is 1.09. The van der Waals surface area contributed by atoms with E-state index in [4.69, 9.17) is 19.6 Å². The van der Waals surface area contributed by atoms with Crippen LogP contribution >= 0.6 is 24.0 Å². The second-order valence-corrected chi connectivity index (χ2v) is 8.09. The number of methoxy groups -OCH3 is 1. The van der Waals surface area contributed by atoms with Gasteiger partial charge in [-0.2, -0.15) is 0 Å². The molecule has 0 aromatic heterocycles. The number of halogens is 1. The minimum absolute atomic E-state index is 0. The summed E-state index contributed by atoms with van der Waals surface area (Å²) in [6.45, 7) is 7.87. The van der Waals surface area contributed by atoms with E-state index < -0.39 is 0 Å². The van der Waals surface area contributed by atoms with Gasteiger partial charge < -0.3 is 25.2 Å². The summed E-state index contributed by atoms with van der Waals surface area (Å²) in [5.41, 5.74) is 2.38. The summed E-state index contributed by atoms with van der Waals surface area (Å²) >= 11 is 0. The zero-order valence-electron chi connectivity index (χ0n) is 19.8. The number of hydrogen-bond acceptors (Lipinski definition) is 5. The van der Waals surface area contributed by atoms with Crippen molar-refractivity contribution in [3.8, 4) is 11.5 Å². The van der Waals surface area contributed by atoms with Gasteiger partial charge in [-0.1, -0.05) is 36.4 Å². The Morgan fingerprint density at radius 3 is 2.64 bits per heavy atom. The van der Waals surface area contributed by atoms with E-state index in [1.54, 1.807) is 7.11 Å². The molecule has 1 fully saturated rings. The summed E-state index contributed by atoms with van der Waals surface area (Å²) in [7, 11) is 1.61. The Morgan fingerprint density at radius 2 is 1.94 bits per heavy atom. The number of aliphatic hydroxyl groups excluding tert-OH is 1. The van der Waals surface area contributed by atoms with E-state index in [9.17, 15) is 0 Å². The van der Waals surface area contributed by atoms with Gasteiger partial charge in [0.1, 0.15) is 6.61 Å². The Kier molecular flexibility index (Phi) is 11.8. The molecule has 33 heavy (non-hydrogen) atoms. The van der Waals surface area contributed by atoms with Crippen molar-refractivity contribution in [3.05, 3.63) is 59.7 Å². The standard InChI is InChI=1S/C25H36N4O3.HI/c1-4-26-25(27-16-21-10-11-23(32-13-12-30)24(15-21)31-3)28-22-14-19(2)29(18-22)17-20-8-6-5-7-9-20;/h5-11,15,19,22,30H,4,12-14,16-18H2,1-3H3,(H2,26,27,28);1H. The molecular weight excluding hydrogens is 531 g/mol. The lowest BCUT2D eigenvalue weighted by atomic mass is 10.2. The predicted molar refractivity (Wildman–Crippen MR) is 144 cm³/mol. The van der Waals surface area contributed by atoms with E-state index in [2.05, 4.69) is 59.7 Å². The average molecular weight is 569 g/mol. The average Bonchev–Trinajstić information content (AvgIpc) is 3.15. The fourth-order valence-electron chi connectivity index (χ4n) is 4.01. The zero-order valence-corrected chi connectivity index (χ0v) is 22.1. The van der Waals surface area contributed by atoms with E-state index >= 15 is 0 Å². The molecule has 0 saturated carbocycles. The van der Waals surface area contributed by atoms with Crippen molar-refractivity contribution >= 4 is 29.9 Å². The van der Waals surface area contributed by atoms with Crippen LogP contribution in [-0.2, 0) is 13.1 Å². The SMILES string of the molecule is CCNC(=NCc1ccc(OCCO)c(OC)c1)NC1CC(C)N(Cc2ccccc2)C1.I. The topological polar surface area (TPSA) is 78.4 Å². The maximum absolute atomic E-state index is 8.96. The summed E-state index contributed by atoms with van der Waals surface area (Å²) in [6, 6.07) is 17.3. The molecule has 1 heterocycles. The Labute approximate surface area is 214 Å². The first-order chi connectivity index (χ1) is 15.6. The molecule has 1 saturated heterocycles. The van der Waals surface area contributed by atoms with E-state index in [0.717, 1.165) is 37.6 Å². The third-order valence-corrected chi connectivity index (χ3v) is 5.61. The largest absolute Gasteiger partial charge is 0.493 e. The molecule has 3 N–H and O–H groups in total. The van der Waals surface area contributed by atoms with Gasteiger partial charge in [0.2, 0.25) is 0 Å². The molecule has 2 unspecified atom stereocenters. The molecular formula is C25H37IN4O3. The smallest absolute Gasteiger partial charge is 0.191 e. The predicted octanol–water partition coefficient (Wildman–Crippen LogP) is 3.40. The number of hydrogen-bond donors (Lipinski definition) is 3. The van der Waals surface area contributed by atoms with Gasteiger partial charge in [0.15, 0.2) is 17.5 Å². The second kappa shape index (κ2) is 14.3. The molecule has 0 aliphatic carbocycles. The van der Waals surface area contributed by atoms with Crippen LogP contribution in [0.15, 0.2) is 53.5 Å². The third kappa shape index (κ3) is 8.35. The lowest BCUT2D eigenvalue weighted by Gasteiger charge is -2.21. The van der Waals surface area contributed by atoms with Crippen LogP contribution in [0.25, 0.3) is 0 Å². The highest BCUT2D eigenvalue weighted by atomic mass is 127. The normalized spacial score (nSPS) is 18.5. The Balaban J connectivity index is 0.00000385. The molecule has 0 bridgehead atoms. The number of ether oxygens (including phenoxy) is 2. The first-order valence-electron chi connectivity index (χ1n) is 11.4. The van der Waals surface area contributed by atoms with E-state index in [-0.39, 0.29) is 37.2 Å². The molecule has 7 nitrogen and oxygen atoms in total. The third-order valence-electron chi connectivity index (χ3n) is 5.61. The van der Waals surface area contributed by atoms with E-state index in [1.807, 2.05) is 18.2 Å².